The first kappa shape index (κ1) is 13.5. The van der Waals surface area contributed by atoms with Gasteiger partial charge in [0.25, 0.3) is 0 Å². The summed E-state index contributed by atoms with van der Waals surface area (Å²) in [6.45, 7) is 0. The normalized spacial score (nSPS) is 17.5. The van der Waals surface area contributed by atoms with Crippen LogP contribution in [0.4, 0.5) is 17.5 Å². The van der Waals surface area contributed by atoms with E-state index in [-0.39, 0.29) is 11.5 Å². The second-order valence-electron chi connectivity index (χ2n) is 4.91. The lowest BCUT2D eigenvalue weighted by Gasteiger charge is -2.20. The molecule has 104 valence electrons. The summed E-state index contributed by atoms with van der Waals surface area (Å²) in [5.74, 6) is 0.294. The van der Waals surface area contributed by atoms with Gasteiger partial charge in [-0.05, 0) is 12.8 Å². The van der Waals surface area contributed by atoms with Crippen LogP contribution in [0.3, 0.4) is 0 Å². The van der Waals surface area contributed by atoms with Crippen LogP contribution in [0.25, 0.3) is 0 Å². The molecule has 1 aliphatic carbocycles. The van der Waals surface area contributed by atoms with E-state index in [0.29, 0.717) is 12.0 Å². The fourth-order valence-corrected chi connectivity index (χ4v) is 2.38. The molecule has 0 spiro atoms. The summed E-state index contributed by atoms with van der Waals surface area (Å²) < 4.78 is 0. The first-order chi connectivity index (χ1) is 9.16. The van der Waals surface area contributed by atoms with Gasteiger partial charge in [0.15, 0.2) is 0 Å². The van der Waals surface area contributed by atoms with E-state index in [0.717, 1.165) is 19.0 Å². The quantitative estimate of drug-likeness (QED) is 0.642. The van der Waals surface area contributed by atoms with E-state index in [9.17, 15) is 10.1 Å². The molecule has 19 heavy (non-hydrogen) atoms. The van der Waals surface area contributed by atoms with Gasteiger partial charge in [-0.25, -0.2) is 4.98 Å². The zero-order valence-corrected chi connectivity index (χ0v) is 10.8. The molecule has 0 aromatic carbocycles. The maximum atomic E-state index is 10.6. The zero-order chi connectivity index (χ0) is 13.7. The molecule has 0 aliphatic heterocycles. The molecule has 0 bridgehead atoms. The topological polar surface area (TPSA) is 107 Å². The van der Waals surface area contributed by atoms with Crippen LogP contribution in [-0.4, -0.2) is 20.9 Å². The summed E-state index contributed by atoms with van der Waals surface area (Å²) in [6, 6.07) is 0.334. The molecule has 1 heterocycles. The molecule has 1 aromatic heterocycles. The van der Waals surface area contributed by atoms with Crippen LogP contribution in [0.1, 0.15) is 44.9 Å². The number of anilines is 2. The molecule has 1 saturated carbocycles. The molecule has 0 saturated heterocycles. The van der Waals surface area contributed by atoms with Crippen molar-refractivity contribution < 1.29 is 4.92 Å². The number of hydrogen-bond donors (Lipinski definition) is 2. The third kappa shape index (κ3) is 3.77. The average molecular weight is 265 g/mol. The largest absolute Gasteiger partial charge is 0.378 e. The second kappa shape index (κ2) is 6.31. The lowest BCUT2D eigenvalue weighted by atomic mass is 9.97. The van der Waals surface area contributed by atoms with Crippen LogP contribution in [0, 0.1) is 10.1 Å². The summed E-state index contributed by atoms with van der Waals surface area (Å²) in [5.41, 5.74) is 5.30. The molecule has 7 nitrogen and oxygen atoms in total. The summed E-state index contributed by atoms with van der Waals surface area (Å²) in [6.07, 6.45) is 9.56. The zero-order valence-electron chi connectivity index (χ0n) is 10.8. The molecule has 0 unspecified atom stereocenters. The molecule has 3 N–H and O–H groups in total. The Hall–Kier alpha value is -1.92. The SMILES string of the molecule is Nc1nc(NC2CCCCCCC2)ncc1[N+](=O)[O-]. The van der Waals surface area contributed by atoms with Crippen molar-refractivity contribution in [1.82, 2.24) is 9.97 Å². The van der Waals surface area contributed by atoms with Gasteiger partial charge in [-0.1, -0.05) is 32.1 Å². The van der Waals surface area contributed by atoms with Gasteiger partial charge in [-0.2, -0.15) is 4.98 Å². The highest BCUT2D eigenvalue weighted by Gasteiger charge is 2.16. The van der Waals surface area contributed by atoms with Crippen molar-refractivity contribution in [3.63, 3.8) is 0 Å². The molecule has 0 radical (unpaired) electrons. The van der Waals surface area contributed by atoms with Gasteiger partial charge in [0.1, 0.15) is 6.20 Å². The predicted octanol–water partition coefficient (Wildman–Crippen LogP) is 2.49. The number of nitrogens with two attached hydrogens (primary N) is 1. The van der Waals surface area contributed by atoms with Crippen molar-refractivity contribution in [3.8, 4) is 0 Å². The number of aromatic nitrogens is 2. The molecule has 0 amide bonds. The fraction of sp³-hybridized carbons (Fsp3) is 0.667. The Balaban J connectivity index is 2.01. The number of rotatable bonds is 3. The number of nitrogens with zero attached hydrogens (tertiary/aromatic N) is 3. The Kier molecular flexibility index (Phi) is 4.48. The van der Waals surface area contributed by atoms with Gasteiger partial charge in [0, 0.05) is 6.04 Å². The highest BCUT2D eigenvalue weighted by Crippen LogP contribution is 2.22. The smallest absolute Gasteiger partial charge is 0.329 e. The first-order valence-corrected chi connectivity index (χ1v) is 6.70. The Labute approximate surface area is 111 Å². The van der Waals surface area contributed by atoms with Gasteiger partial charge < -0.3 is 11.1 Å². The van der Waals surface area contributed by atoms with E-state index < -0.39 is 4.92 Å². The Morgan fingerprint density at radius 1 is 1.26 bits per heavy atom. The molecule has 1 aliphatic rings. The number of nitrogens with one attached hydrogen (secondary N) is 1. The highest BCUT2D eigenvalue weighted by molar-refractivity contribution is 5.53. The Morgan fingerprint density at radius 3 is 2.47 bits per heavy atom. The number of nitrogen functional groups attached to an aromatic ring is 1. The van der Waals surface area contributed by atoms with Crippen molar-refractivity contribution in [2.45, 2.75) is 51.0 Å². The molecule has 1 aromatic rings. The molecular weight excluding hydrogens is 246 g/mol. The van der Waals surface area contributed by atoms with Crippen LogP contribution >= 0.6 is 0 Å². The minimum atomic E-state index is -0.574. The molecule has 1 fully saturated rings. The van der Waals surface area contributed by atoms with E-state index >= 15 is 0 Å². The fourth-order valence-electron chi connectivity index (χ4n) is 2.38. The predicted molar refractivity (Wildman–Crippen MR) is 72.8 cm³/mol. The van der Waals surface area contributed by atoms with E-state index in [2.05, 4.69) is 15.3 Å². The van der Waals surface area contributed by atoms with Crippen LogP contribution in [-0.2, 0) is 0 Å². The Morgan fingerprint density at radius 2 is 1.89 bits per heavy atom. The third-order valence-corrected chi connectivity index (χ3v) is 3.43. The number of hydrogen-bond acceptors (Lipinski definition) is 6. The van der Waals surface area contributed by atoms with E-state index in [4.69, 9.17) is 5.73 Å². The van der Waals surface area contributed by atoms with E-state index in [1.165, 1.54) is 32.1 Å². The summed E-state index contributed by atoms with van der Waals surface area (Å²) >= 11 is 0. The minimum Gasteiger partial charge on any atom is -0.378 e. The summed E-state index contributed by atoms with van der Waals surface area (Å²) in [4.78, 5) is 18.0. The Bertz CT molecular complexity index is 444. The summed E-state index contributed by atoms with van der Waals surface area (Å²) in [5, 5.41) is 13.9. The monoisotopic (exact) mass is 265 g/mol. The van der Waals surface area contributed by atoms with Gasteiger partial charge in [0.05, 0.1) is 4.92 Å². The lowest BCUT2D eigenvalue weighted by Crippen LogP contribution is -2.22. The van der Waals surface area contributed by atoms with E-state index in [1.54, 1.807) is 0 Å². The van der Waals surface area contributed by atoms with Crippen molar-refractivity contribution >= 4 is 17.5 Å². The van der Waals surface area contributed by atoms with Crippen LogP contribution in [0.15, 0.2) is 6.20 Å². The average Bonchev–Trinajstić information content (AvgIpc) is 2.32. The van der Waals surface area contributed by atoms with Crippen molar-refractivity contribution in [1.29, 1.82) is 0 Å². The van der Waals surface area contributed by atoms with Crippen LogP contribution in [0.5, 0.6) is 0 Å². The standard InChI is InChI=1S/C12H19N5O2/c13-11-10(17(18)19)8-14-12(16-11)15-9-6-4-2-1-3-5-7-9/h8-9H,1-7H2,(H3,13,14,15,16). The molecule has 0 atom stereocenters. The third-order valence-electron chi connectivity index (χ3n) is 3.43. The van der Waals surface area contributed by atoms with Gasteiger partial charge >= 0.3 is 5.69 Å². The number of nitro groups is 1. The van der Waals surface area contributed by atoms with Crippen molar-refractivity contribution in [2.24, 2.45) is 0 Å². The van der Waals surface area contributed by atoms with Crippen LogP contribution < -0.4 is 11.1 Å². The van der Waals surface area contributed by atoms with Crippen molar-refractivity contribution in [3.05, 3.63) is 16.3 Å². The minimum absolute atomic E-state index is 0.0895. The lowest BCUT2D eigenvalue weighted by molar-refractivity contribution is -0.384. The molecule has 7 heteroatoms. The first-order valence-electron chi connectivity index (χ1n) is 6.70. The highest BCUT2D eigenvalue weighted by atomic mass is 16.6. The molecular formula is C12H19N5O2. The van der Waals surface area contributed by atoms with Gasteiger partial charge in [0.2, 0.25) is 11.8 Å². The van der Waals surface area contributed by atoms with Crippen LogP contribution in [0.2, 0.25) is 0 Å². The van der Waals surface area contributed by atoms with Gasteiger partial charge in [-0.3, -0.25) is 10.1 Å². The summed E-state index contributed by atoms with van der Waals surface area (Å²) in [7, 11) is 0. The maximum absolute atomic E-state index is 10.6. The second-order valence-corrected chi connectivity index (χ2v) is 4.91. The van der Waals surface area contributed by atoms with Gasteiger partial charge in [-0.15, -0.1) is 0 Å². The maximum Gasteiger partial charge on any atom is 0.329 e. The van der Waals surface area contributed by atoms with Crippen molar-refractivity contribution in [2.75, 3.05) is 11.1 Å². The van der Waals surface area contributed by atoms with E-state index in [1.807, 2.05) is 0 Å². The molecule has 2 rings (SSSR count).